The molecular weight excluding hydrogens is 248 g/mol. The lowest BCUT2D eigenvalue weighted by molar-refractivity contribution is 0.0972. The molecule has 1 aromatic rings. The predicted octanol–water partition coefficient (Wildman–Crippen LogP) is 2.04. The molecule has 0 aliphatic rings. The van der Waals surface area contributed by atoms with Crippen molar-refractivity contribution >= 4 is 15.9 Å². The second kappa shape index (κ2) is 6.73. The van der Waals surface area contributed by atoms with E-state index in [-0.39, 0.29) is 0 Å². The Labute approximate surface area is 91.8 Å². The largest absolute Gasteiger partial charge is 0.461 e. The molecule has 4 nitrogen and oxygen atoms in total. The molecule has 0 aliphatic heterocycles. The molecule has 0 N–H and O–H groups in total. The van der Waals surface area contributed by atoms with Gasteiger partial charge in [0.2, 0.25) is 0 Å². The van der Waals surface area contributed by atoms with Crippen molar-refractivity contribution < 1.29 is 9.47 Å². The van der Waals surface area contributed by atoms with Crippen LogP contribution >= 0.6 is 15.9 Å². The minimum absolute atomic E-state index is 0.383. The summed E-state index contributed by atoms with van der Waals surface area (Å²) in [7, 11) is 0. The zero-order valence-electron chi connectivity index (χ0n) is 8.07. The number of halogens is 1. The molecule has 5 heteroatoms. The summed E-state index contributed by atoms with van der Waals surface area (Å²) in [5, 5.41) is 0. The summed E-state index contributed by atoms with van der Waals surface area (Å²) in [4.78, 5) is 7.92. The standard InChI is InChI=1S/C9H13BrN2O2/c1-2-3-13-4-5-14-9-11-6-8(10)7-12-9/h6-7H,2-5H2,1H3. The van der Waals surface area contributed by atoms with E-state index in [0.29, 0.717) is 19.2 Å². The van der Waals surface area contributed by atoms with Gasteiger partial charge in [0.1, 0.15) is 6.61 Å². The Morgan fingerprint density at radius 1 is 1.21 bits per heavy atom. The van der Waals surface area contributed by atoms with Crippen molar-refractivity contribution in [3.8, 4) is 6.01 Å². The van der Waals surface area contributed by atoms with Crippen LogP contribution in [0.1, 0.15) is 13.3 Å². The van der Waals surface area contributed by atoms with Crippen LogP contribution in [0.5, 0.6) is 6.01 Å². The Kier molecular flexibility index (Phi) is 5.47. The Balaban J connectivity index is 2.15. The maximum absolute atomic E-state index is 5.24. The van der Waals surface area contributed by atoms with Gasteiger partial charge >= 0.3 is 6.01 Å². The van der Waals surface area contributed by atoms with E-state index in [1.165, 1.54) is 0 Å². The van der Waals surface area contributed by atoms with Gasteiger partial charge in [0.15, 0.2) is 0 Å². The van der Waals surface area contributed by atoms with Crippen LogP contribution in [-0.2, 0) is 4.74 Å². The van der Waals surface area contributed by atoms with E-state index in [2.05, 4.69) is 32.8 Å². The number of hydrogen-bond acceptors (Lipinski definition) is 4. The SMILES string of the molecule is CCCOCCOc1ncc(Br)cn1. The highest BCUT2D eigenvalue weighted by Gasteiger charge is 1.96. The van der Waals surface area contributed by atoms with Gasteiger partial charge in [-0.25, -0.2) is 9.97 Å². The fraction of sp³-hybridized carbons (Fsp3) is 0.556. The minimum Gasteiger partial charge on any atom is -0.461 e. The minimum atomic E-state index is 0.383. The number of rotatable bonds is 6. The Morgan fingerprint density at radius 2 is 1.93 bits per heavy atom. The molecule has 14 heavy (non-hydrogen) atoms. The van der Waals surface area contributed by atoms with Crippen molar-refractivity contribution in [2.75, 3.05) is 19.8 Å². The summed E-state index contributed by atoms with van der Waals surface area (Å²) in [6.07, 6.45) is 4.32. The van der Waals surface area contributed by atoms with Gasteiger partial charge in [-0.2, -0.15) is 0 Å². The highest BCUT2D eigenvalue weighted by molar-refractivity contribution is 9.10. The molecule has 0 saturated heterocycles. The first kappa shape index (κ1) is 11.4. The number of nitrogens with zero attached hydrogens (tertiary/aromatic N) is 2. The second-order valence-corrected chi connectivity index (χ2v) is 3.56. The van der Waals surface area contributed by atoms with Gasteiger partial charge in [0.05, 0.1) is 11.1 Å². The second-order valence-electron chi connectivity index (χ2n) is 2.64. The van der Waals surface area contributed by atoms with E-state index in [1.54, 1.807) is 12.4 Å². The molecule has 0 aliphatic carbocycles. The van der Waals surface area contributed by atoms with Crippen LogP contribution in [0.25, 0.3) is 0 Å². The van der Waals surface area contributed by atoms with Crippen LogP contribution in [0, 0.1) is 0 Å². The van der Waals surface area contributed by atoms with Gasteiger partial charge in [-0.15, -0.1) is 0 Å². The molecule has 0 fully saturated rings. The lowest BCUT2D eigenvalue weighted by Crippen LogP contribution is -2.08. The average molecular weight is 261 g/mol. The third-order valence-corrected chi connectivity index (χ3v) is 1.81. The fourth-order valence-electron chi connectivity index (χ4n) is 0.813. The van der Waals surface area contributed by atoms with Crippen LogP contribution in [0.3, 0.4) is 0 Å². The van der Waals surface area contributed by atoms with Gasteiger partial charge in [0.25, 0.3) is 0 Å². The Bertz CT molecular complexity index is 253. The predicted molar refractivity (Wildman–Crippen MR) is 56.3 cm³/mol. The molecule has 0 amide bonds. The van der Waals surface area contributed by atoms with E-state index in [9.17, 15) is 0 Å². The Morgan fingerprint density at radius 3 is 2.57 bits per heavy atom. The monoisotopic (exact) mass is 260 g/mol. The van der Waals surface area contributed by atoms with Crippen molar-refractivity contribution in [1.82, 2.24) is 9.97 Å². The highest BCUT2D eigenvalue weighted by atomic mass is 79.9. The first-order valence-electron chi connectivity index (χ1n) is 4.51. The summed E-state index contributed by atoms with van der Waals surface area (Å²) >= 11 is 3.24. The highest BCUT2D eigenvalue weighted by Crippen LogP contribution is 2.07. The van der Waals surface area contributed by atoms with Crippen LogP contribution in [0.2, 0.25) is 0 Å². The van der Waals surface area contributed by atoms with Crippen molar-refractivity contribution in [3.05, 3.63) is 16.9 Å². The van der Waals surface area contributed by atoms with E-state index < -0.39 is 0 Å². The van der Waals surface area contributed by atoms with Crippen LogP contribution in [0.4, 0.5) is 0 Å². The molecule has 0 spiro atoms. The molecule has 1 heterocycles. The molecule has 0 unspecified atom stereocenters. The fourth-order valence-corrected chi connectivity index (χ4v) is 1.02. The van der Waals surface area contributed by atoms with E-state index in [0.717, 1.165) is 17.5 Å². The molecule has 0 bridgehead atoms. The van der Waals surface area contributed by atoms with Crippen LogP contribution in [0.15, 0.2) is 16.9 Å². The zero-order chi connectivity index (χ0) is 10.2. The molecular formula is C9H13BrN2O2. The van der Waals surface area contributed by atoms with E-state index in [1.807, 2.05) is 0 Å². The molecule has 1 rings (SSSR count). The summed E-state index contributed by atoms with van der Waals surface area (Å²) in [5.41, 5.74) is 0. The van der Waals surface area contributed by atoms with Gasteiger partial charge in [-0.3, -0.25) is 0 Å². The van der Waals surface area contributed by atoms with Crippen molar-refractivity contribution in [2.45, 2.75) is 13.3 Å². The van der Waals surface area contributed by atoms with Crippen LogP contribution < -0.4 is 4.74 Å². The van der Waals surface area contributed by atoms with Gasteiger partial charge in [-0.05, 0) is 22.4 Å². The van der Waals surface area contributed by atoms with Gasteiger partial charge < -0.3 is 9.47 Å². The smallest absolute Gasteiger partial charge is 0.316 e. The summed E-state index contributed by atoms with van der Waals surface area (Å²) in [6, 6.07) is 0.383. The third-order valence-electron chi connectivity index (χ3n) is 1.40. The molecule has 78 valence electrons. The topological polar surface area (TPSA) is 44.2 Å². The molecule has 0 atom stereocenters. The average Bonchev–Trinajstić information content (AvgIpc) is 2.21. The quantitative estimate of drug-likeness (QED) is 0.735. The molecule has 0 aromatic carbocycles. The maximum atomic E-state index is 5.24. The first-order valence-corrected chi connectivity index (χ1v) is 5.30. The normalized spacial score (nSPS) is 10.1. The number of ether oxygens (including phenoxy) is 2. The number of hydrogen-bond donors (Lipinski definition) is 0. The van der Waals surface area contributed by atoms with E-state index in [4.69, 9.17) is 9.47 Å². The van der Waals surface area contributed by atoms with Gasteiger partial charge in [-0.1, -0.05) is 6.92 Å². The van der Waals surface area contributed by atoms with Crippen molar-refractivity contribution in [3.63, 3.8) is 0 Å². The maximum Gasteiger partial charge on any atom is 0.316 e. The number of aromatic nitrogens is 2. The summed E-state index contributed by atoms with van der Waals surface area (Å²) < 4.78 is 11.3. The van der Waals surface area contributed by atoms with Crippen molar-refractivity contribution in [1.29, 1.82) is 0 Å². The van der Waals surface area contributed by atoms with E-state index >= 15 is 0 Å². The summed E-state index contributed by atoms with van der Waals surface area (Å²) in [5.74, 6) is 0. The molecule has 0 saturated carbocycles. The lowest BCUT2D eigenvalue weighted by Gasteiger charge is -2.04. The summed E-state index contributed by atoms with van der Waals surface area (Å²) in [6.45, 7) is 3.90. The first-order chi connectivity index (χ1) is 6.83. The molecule has 1 aromatic heterocycles. The van der Waals surface area contributed by atoms with Crippen LogP contribution in [-0.4, -0.2) is 29.8 Å². The van der Waals surface area contributed by atoms with Gasteiger partial charge in [0, 0.05) is 19.0 Å². The van der Waals surface area contributed by atoms with Crippen molar-refractivity contribution in [2.24, 2.45) is 0 Å². The third kappa shape index (κ3) is 4.53. The molecule has 0 radical (unpaired) electrons. The lowest BCUT2D eigenvalue weighted by atomic mass is 10.5. The zero-order valence-corrected chi connectivity index (χ0v) is 9.66. The Hall–Kier alpha value is -0.680.